The lowest BCUT2D eigenvalue weighted by Gasteiger charge is -2.32. The van der Waals surface area contributed by atoms with E-state index in [1.165, 1.54) is 0 Å². The van der Waals surface area contributed by atoms with Crippen molar-refractivity contribution >= 4 is 12.0 Å². The number of hydrogen-bond acceptors (Lipinski definition) is 2. The van der Waals surface area contributed by atoms with Crippen molar-refractivity contribution in [2.75, 3.05) is 19.6 Å². The second kappa shape index (κ2) is 6.07. The van der Waals surface area contributed by atoms with Gasteiger partial charge < -0.3 is 15.3 Å². The summed E-state index contributed by atoms with van der Waals surface area (Å²) in [6, 6.07) is -0.137. The zero-order chi connectivity index (χ0) is 13.8. The molecule has 1 saturated heterocycles. The molecule has 0 aromatic heterocycles. The lowest BCUT2D eigenvalue weighted by atomic mass is 9.90. The summed E-state index contributed by atoms with van der Waals surface area (Å²) < 4.78 is 0. The third-order valence-electron chi connectivity index (χ3n) is 3.73. The van der Waals surface area contributed by atoms with E-state index < -0.39 is 11.9 Å². The molecule has 1 aliphatic rings. The number of carboxylic acid groups (broad SMARTS) is 1. The lowest BCUT2D eigenvalue weighted by Crippen LogP contribution is -2.48. The second-order valence-corrected chi connectivity index (χ2v) is 5.80. The van der Waals surface area contributed by atoms with E-state index in [1.54, 1.807) is 4.90 Å². The molecule has 1 rings (SSSR count). The number of carboxylic acids is 1. The topological polar surface area (TPSA) is 69.6 Å². The van der Waals surface area contributed by atoms with Crippen LogP contribution in [0.5, 0.6) is 0 Å². The molecule has 1 aliphatic heterocycles. The van der Waals surface area contributed by atoms with Gasteiger partial charge >= 0.3 is 12.0 Å². The van der Waals surface area contributed by atoms with Crippen LogP contribution in [0.4, 0.5) is 4.79 Å². The first-order valence-electron chi connectivity index (χ1n) is 6.61. The van der Waals surface area contributed by atoms with Gasteiger partial charge in [-0.2, -0.15) is 0 Å². The lowest BCUT2D eigenvalue weighted by molar-refractivity contribution is -0.143. The average Bonchev–Trinajstić information content (AvgIpc) is 2.36. The predicted molar refractivity (Wildman–Crippen MR) is 69.4 cm³/mol. The van der Waals surface area contributed by atoms with E-state index in [1.807, 2.05) is 0 Å². The molecule has 18 heavy (non-hydrogen) atoms. The van der Waals surface area contributed by atoms with Gasteiger partial charge in [-0.25, -0.2) is 4.79 Å². The minimum Gasteiger partial charge on any atom is -0.481 e. The first-order valence-corrected chi connectivity index (χ1v) is 6.61. The Morgan fingerprint density at radius 1 is 1.44 bits per heavy atom. The Morgan fingerprint density at radius 2 is 2.11 bits per heavy atom. The third-order valence-corrected chi connectivity index (χ3v) is 3.73. The van der Waals surface area contributed by atoms with Crippen LogP contribution in [0.2, 0.25) is 0 Å². The monoisotopic (exact) mass is 256 g/mol. The minimum atomic E-state index is -0.804. The fourth-order valence-corrected chi connectivity index (χ4v) is 1.91. The molecule has 2 N–H and O–H groups in total. The minimum absolute atomic E-state index is 0.0810. The maximum atomic E-state index is 12.0. The van der Waals surface area contributed by atoms with Crippen molar-refractivity contribution in [1.29, 1.82) is 0 Å². The van der Waals surface area contributed by atoms with Crippen molar-refractivity contribution in [2.24, 2.45) is 11.3 Å². The molecule has 0 aromatic carbocycles. The molecule has 104 valence electrons. The van der Waals surface area contributed by atoms with Crippen molar-refractivity contribution in [2.45, 2.75) is 40.0 Å². The summed E-state index contributed by atoms with van der Waals surface area (Å²) in [5.41, 5.74) is 0.0810. The van der Waals surface area contributed by atoms with Crippen LogP contribution in [-0.2, 0) is 4.79 Å². The Labute approximate surface area is 109 Å². The van der Waals surface area contributed by atoms with Crippen LogP contribution in [0.15, 0.2) is 0 Å². The summed E-state index contributed by atoms with van der Waals surface area (Å²) in [5.74, 6) is -1.22. The average molecular weight is 256 g/mol. The highest BCUT2D eigenvalue weighted by atomic mass is 16.4. The predicted octanol–water partition coefficient (Wildman–Crippen LogP) is 1.93. The molecule has 1 heterocycles. The van der Waals surface area contributed by atoms with Gasteiger partial charge in [0.1, 0.15) is 0 Å². The number of hydrogen-bond donors (Lipinski definition) is 2. The standard InChI is InChI=1S/C13H24N2O3/c1-4-13(2,3)9-14-12(18)15-7-5-6-10(8-15)11(16)17/h10H,4-9H2,1-3H3,(H,14,18)(H,16,17). The molecule has 0 radical (unpaired) electrons. The number of amides is 2. The summed E-state index contributed by atoms with van der Waals surface area (Å²) >= 11 is 0. The van der Waals surface area contributed by atoms with E-state index in [2.05, 4.69) is 26.1 Å². The van der Waals surface area contributed by atoms with Gasteiger partial charge in [0.2, 0.25) is 0 Å². The van der Waals surface area contributed by atoms with Gasteiger partial charge in [-0.3, -0.25) is 4.79 Å². The summed E-state index contributed by atoms with van der Waals surface area (Å²) in [6.07, 6.45) is 2.42. The number of rotatable bonds is 4. The highest BCUT2D eigenvalue weighted by Gasteiger charge is 2.28. The summed E-state index contributed by atoms with van der Waals surface area (Å²) in [4.78, 5) is 24.5. The van der Waals surface area contributed by atoms with E-state index in [0.29, 0.717) is 26.1 Å². The summed E-state index contributed by atoms with van der Waals surface area (Å²) in [5, 5.41) is 11.9. The smallest absolute Gasteiger partial charge is 0.317 e. The highest BCUT2D eigenvalue weighted by Crippen LogP contribution is 2.19. The van der Waals surface area contributed by atoms with E-state index >= 15 is 0 Å². The number of aliphatic carboxylic acids is 1. The molecule has 1 unspecified atom stereocenters. The fourth-order valence-electron chi connectivity index (χ4n) is 1.91. The highest BCUT2D eigenvalue weighted by molar-refractivity contribution is 5.76. The van der Waals surface area contributed by atoms with Gasteiger partial charge in [0.15, 0.2) is 0 Å². The molecule has 0 spiro atoms. The van der Waals surface area contributed by atoms with Crippen molar-refractivity contribution in [3.8, 4) is 0 Å². The Morgan fingerprint density at radius 3 is 2.67 bits per heavy atom. The van der Waals surface area contributed by atoms with Gasteiger partial charge in [0.05, 0.1) is 5.92 Å². The molecule has 5 nitrogen and oxygen atoms in total. The van der Waals surface area contributed by atoms with E-state index in [-0.39, 0.29) is 11.4 Å². The Bertz CT molecular complexity index is 315. The van der Waals surface area contributed by atoms with Crippen LogP contribution < -0.4 is 5.32 Å². The molecule has 0 saturated carbocycles. The molecule has 0 aliphatic carbocycles. The maximum Gasteiger partial charge on any atom is 0.317 e. The van der Waals surface area contributed by atoms with Crippen LogP contribution in [-0.4, -0.2) is 41.6 Å². The number of carbonyl (C=O) groups is 2. The van der Waals surface area contributed by atoms with E-state index in [4.69, 9.17) is 5.11 Å². The zero-order valence-electron chi connectivity index (χ0n) is 11.5. The quantitative estimate of drug-likeness (QED) is 0.807. The second-order valence-electron chi connectivity index (χ2n) is 5.80. The molecule has 0 aromatic rings. The number of urea groups is 1. The van der Waals surface area contributed by atoms with Crippen LogP contribution >= 0.6 is 0 Å². The summed E-state index contributed by atoms with van der Waals surface area (Å²) in [6.45, 7) is 7.90. The molecular formula is C13H24N2O3. The SMILES string of the molecule is CCC(C)(C)CNC(=O)N1CCCC(C(=O)O)C1. The molecule has 1 fully saturated rings. The maximum absolute atomic E-state index is 12.0. The van der Waals surface area contributed by atoms with Crippen LogP contribution in [0.25, 0.3) is 0 Å². The van der Waals surface area contributed by atoms with Gasteiger partial charge in [-0.1, -0.05) is 20.8 Å². The first-order chi connectivity index (χ1) is 8.35. The molecule has 0 bridgehead atoms. The van der Waals surface area contributed by atoms with Gasteiger partial charge in [-0.15, -0.1) is 0 Å². The Balaban J connectivity index is 2.44. The Kier molecular flexibility index (Phi) is 4.99. The van der Waals surface area contributed by atoms with Crippen LogP contribution in [0, 0.1) is 11.3 Å². The Hall–Kier alpha value is -1.26. The summed E-state index contributed by atoms with van der Waals surface area (Å²) in [7, 11) is 0. The zero-order valence-corrected chi connectivity index (χ0v) is 11.5. The number of nitrogens with one attached hydrogen (secondary N) is 1. The van der Waals surface area contributed by atoms with Crippen LogP contribution in [0.3, 0.4) is 0 Å². The molecule has 5 heteroatoms. The normalized spacial score (nSPS) is 20.6. The van der Waals surface area contributed by atoms with E-state index in [0.717, 1.165) is 12.8 Å². The number of nitrogens with zero attached hydrogens (tertiary/aromatic N) is 1. The number of likely N-dealkylation sites (tertiary alicyclic amines) is 1. The first kappa shape index (κ1) is 14.8. The number of piperidine rings is 1. The van der Waals surface area contributed by atoms with Gasteiger partial charge in [0.25, 0.3) is 0 Å². The van der Waals surface area contributed by atoms with Crippen molar-refractivity contribution < 1.29 is 14.7 Å². The van der Waals surface area contributed by atoms with Gasteiger partial charge in [0, 0.05) is 19.6 Å². The largest absolute Gasteiger partial charge is 0.481 e. The van der Waals surface area contributed by atoms with Crippen LogP contribution in [0.1, 0.15) is 40.0 Å². The molecule has 2 amide bonds. The van der Waals surface area contributed by atoms with Crippen molar-refractivity contribution in [1.82, 2.24) is 10.2 Å². The number of carbonyl (C=O) groups excluding carboxylic acids is 1. The van der Waals surface area contributed by atoms with Crippen molar-refractivity contribution in [3.63, 3.8) is 0 Å². The third kappa shape index (κ3) is 4.20. The molecular weight excluding hydrogens is 232 g/mol. The fraction of sp³-hybridized carbons (Fsp3) is 0.846. The van der Waals surface area contributed by atoms with Gasteiger partial charge in [-0.05, 0) is 24.7 Å². The van der Waals surface area contributed by atoms with Crippen molar-refractivity contribution in [3.05, 3.63) is 0 Å². The van der Waals surface area contributed by atoms with E-state index in [9.17, 15) is 9.59 Å². The molecule has 1 atom stereocenters.